The number of methoxy groups -OCH3 is 1. The monoisotopic (exact) mass is 351 g/mol. The molecule has 6 nitrogen and oxygen atoms in total. The largest absolute Gasteiger partial charge is 0.375 e. The number of rotatable bonds is 5. The summed E-state index contributed by atoms with van der Waals surface area (Å²) in [7, 11) is 5.02. The Bertz CT molecular complexity index is 609. The lowest BCUT2D eigenvalue weighted by Gasteiger charge is -2.30. The molecular weight excluding hydrogens is 325 g/mol. The second-order valence-corrected chi connectivity index (χ2v) is 6.38. The van der Waals surface area contributed by atoms with E-state index < -0.39 is 6.04 Å². The fourth-order valence-corrected chi connectivity index (χ4v) is 3.10. The average molecular weight is 351 g/mol. The number of halogens is 1. The molecule has 0 aromatic heterocycles. The molecule has 1 saturated heterocycles. The molecule has 1 fully saturated rings. The summed E-state index contributed by atoms with van der Waals surface area (Å²) in [5, 5.41) is 0. The summed E-state index contributed by atoms with van der Waals surface area (Å²) in [6.45, 7) is 2.09. The maximum Gasteiger partial charge on any atom is 0.248 e. The van der Waals surface area contributed by atoms with E-state index in [0.717, 1.165) is 0 Å². The van der Waals surface area contributed by atoms with Crippen molar-refractivity contribution in [1.82, 2.24) is 14.7 Å². The van der Waals surface area contributed by atoms with Crippen LogP contribution in [-0.2, 0) is 14.3 Å². The van der Waals surface area contributed by atoms with E-state index in [4.69, 9.17) is 4.74 Å². The number of likely N-dealkylation sites (N-methyl/N-ethyl adjacent to an activating group) is 1. The first-order valence-electron chi connectivity index (χ1n) is 8.42. The lowest BCUT2D eigenvalue weighted by atomic mass is 10.0. The Morgan fingerprint density at radius 2 is 1.80 bits per heavy atom. The van der Waals surface area contributed by atoms with Gasteiger partial charge in [-0.05, 0) is 26.6 Å². The first-order chi connectivity index (χ1) is 12.0. The molecule has 0 aliphatic carbocycles. The SMILES string of the molecule is COCC(=O)N1CCCN(C(=O)[C@@H](c2ccccc2F)N(C)C)CC1. The third-order valence-electron chi connectivity index (χ3n) is 4.38. The smallest absolute Gasteiger partial charge is 0.248 e. The summed E-state index contributed by atoms with van der Waals surface area (Å²) < 4.78 is 19.1. The summed E-state index contributed by atoms with van der Waals surface area (Å²) in [5.74, 6) is -0.604. The molecule has 1 aliphatic rings. The molecule has 0 saturated carbocycles. The number of carbonyl (C=O) groups is 2. The summed E-state index contributed by atoms with van der Waals surface area (Å²) in [6, 6.07) is 5.68. The van der Waals surface area contributed by atoms with Crippen molar-refractivity contribution in [1.29, 1.82) is 0 Å². The molecule has 1 aliphatic heterocycles. The normalized spacial score (nSPS) is 16.7. The van der Waals surface area contributed by atoms with Gasteiger partial charge in [0, 0.05) is 38.9 Å². The number of benzene rings is 1. The molecule has 2 amide bonds. The molecule has 1 aromatic rings. The van der Waals surface area contributed by atoms with Crippen molar-refractivity contribution in [3.63, 3.8) is 0 Å². The molecule has 138 valence electrons. The second kappa shape index (κ2) is 8.92. The van der Waals surface area contributed by atoms with E-state index in [1.165, 1.54) is 13.2 Å². The quantitative estimate of drug-likeness (QED) is 0.798. The van der Waals surface area contributed by atoms with Crippen LogP contribution in [0.3, 0.4) is 0 Å². The Kier molecular flexibility index (Phi) is 6.90. The fraction of sp³-hybridized carbons (Fsp3) is 0.556. The summed E-state index contributed by atoms with van der Waals surface area (Å²) in [4.78, 5) is 30.2. The molecule has 1 heterocycles. The average Bonchev–Trinajstić information content (AvgIpc) is 2.83. The van der Waals surface area contributed by atoms with Crippen molar-refractivity contribution in [2.45, 2.75) is 12.5 Å². The van der Waals surface area contributed by atoms with Crippen LogP contribution < -0.4 is 0 Å². The number of ether oxygens (including phenoxy) is 1. The molecule has 7 heteroatoms. The number of nitrogens with zero attached hydrogens (tertiary/aromatic N) is 3. The second-order valence-electron chi connectivity index (χ2n) is 6.38. The predicted octanol–water partition coefficient (Wildman–Crippen LogP) is 1.14. The number of hydrogen-bond acceptors (Lipinski definition) is 4. The Labute approximate surface area is 148 Å². The van der Waals surface area contributed by atoms with Crippen molar-refractivity contribution in [2.24, 2.45) is 0 Å². The third-order valence-corrected chi connectivity index (χ3v) is 4.38. The molecular formula is C18H26FN3O3. The lowest BCUT2D eigenvalue weighted by molar-refractivity contribution is -0.138. The van der Waals surface area contributed by atoms with Crippen LogP contribution in [0.1, 0.15) is 18.0 Å². The van der Waals surface area contributed by atoms with E-state index in [1.54, 1.807) is 47.0 Å². The van der Waals surface area contributed by atoms with Gasteiger partial charge in [0.1, 0.15) is 18.5 Å². The van der Waals surface area contributed by atoms with E-state index in [0.29, 0.717) is 38.2 Å². The van der Waals surface area contributed by atoms with Crippen molar-refractivity contribution in [2.75, 3.05) is 54.0 Å². The summed E-state index contributed by atoms with van der Waals surface area (Å²) in [5.41, 5.74) is 0.370. The van der Waals surface area contributed by atoms with Crippen LogP contribution >= 0.6 is 0 Å². The maximum atomic E-state index is 14.2. The lowest BCUT2D eigenvalue weighted by Crippen LogP contribution is -2.43. The van der Waals surface area contributed by atoms with E-state index in [9.17, 15) is 14.0 Å². The Balaban J connectivity index is 2.12. The topological polar surface area (TPSA) is 53.1 Å². The van der Waals surface area contributed by atoms with Crippen molar-refractivity contribution < 1.29 is 18.7 Å². The van der Waals surface area contributed by atoms with Crippen LogP contribution in [0.4, 0.5) is 4.39 Å². The maximum absolute atomic E-state index is 14.2. The van der Waals surface area contributed by atoms with Crippen LogP contribution in [0.15, 0.2) is 24.3 Å². The molecule has 0 radical (unpaired) electrons. The molecule has 0 spiro atoms. The van der Waals surface area contributed by atoms with E-state index in [1.807, 2.05) is 0 Å². The highest BCUT2D eigenvalue weighted by molar-refractivity contribution is 5.83. The fourth-order valence-electron chi connectivity index (χ4n) is 3.10. The van der Waals surface area contributed by atoms with Gasteiger partial charge < -0.3 is 14.5 Å². The van der Waals surface area contributed by atoms with E-state index >= 15 is 0 Å². The Morgan fingerprint density at radius 3 is 2.44 bits per heavy atom. The summed E-state index contributed by atoms with van der Waals surface area (Å²) >= 11 is 0. The standard InChI is InChI=1S/C18H26FN3O3/c1-20(2)17(14-7-4-5-8-15(14)19)18(24)22-10-6-9-21(11-12-22)16(23)13-25-3/h4-5,7-8,17H,6,9-13H2,1-3H3/t17-/m1/s1. The van der Waals surface area contributed by atoms with Crippen molar-refractivity contribution in [3.05, 3.63) is 35.6 Å². The van der Waals surface area contributed by atoms with Gasteiger partial charge in [-0.25, -0.2) is 4.39 Å². The minimum atomic E-state index is -0.678. The van der Waals surface area contributed by atoms with Gasteiger partial charge >= 0.3 is 0 Å². The number of hydrogen-bond donors (Lipinski definition) is 0. The van der Waals surface area contributed by atoms with Gasteiger partial charge in [0.2, 0.25) is 11.8 Å². The molecule has 25 heavy (non-hydrogen) atoms. The zero-order chi connectivity index (χ0) is 18.4. The molecule has 1 aromatic carbocycles. The zero-order valence-corrected chi connectivity index (χ0v) is 15.1. The molecule has 0 N–H and O–H groups in total. The Morgan fingerprint density at radius 1 is 1.16 bits per heavy atom. The van der Waals surface area contributed by atoms with Crippen LogP contribution in [0, 0.1) is 5.82 Å². The highest BCUT2D eigenvalue weighted by Crippen LogP contribution is 2.24. The van der Waals surface area contributed by atoms with Gasteiger partial charge in [-0.1, -0.05) is 18.2 Å². The van der Waals surface area contributed by atoms with Crippen LogP contribution in [-0.4, -0.2) is 80.5 Å². The van der Waals surface area contributed by atoms with Gasteiger partial charge in [-0.2, -0.15) is 0 Å². The molecule has 0 unspecified atom stereocenters. The Hall–Kier alpha value is -1.99. The highest BCUT2D eigenvalue weighted by atomic mass is 19.1. The van der Waals surface area contributed by atoms with Gasteiger partial charge in [-0.15, -0.1) is 0 Å². The predicted molar refractivity (Wildman–Crippen MR) is 92.5 cm³/mol. The third kappa shape index (κ3) is 4.76. The minimum absolute atomic E-state index is 0.0451. The first kappa shape index (κ1) is 19.3. The number of carbonyl (C=O) groups excluding carboxylic acids is 2. The van der Waals surface area contributed by atoms with Gasteiger partial charge in [-0.3, -0.25) is 14.5 Å². The first-order valence-corrected chi connectivity index (χ1v) is 8.42. The van der Waals surface area contributed by atoms with Crippen LogP contribution in [0.2, 0.25) is 0 Å². The summed E-state index contributed by atoms with van der Waals surface area (Å²) in [6.07, 6.45) is 0.693. The molecule has 0 bridgehead atoms. The highest BCUT2D eigenvalue weighted by Gasteiger charge is 2.31. The van der Waals surface area contributed by atoms with Crippen LogP contribution in [0.25, 0.3) is 0 Å². The van der Waals surface area contributed by atoms with Crippen LogP contribution in [0.5, 0.6) is 0 Å². The van der Waals surface area contributed by atoms with Crippen molar-refractivity contribution in [3.8, 4) is 0 Å². The van der Waals surface area contributed by atoms with E-state index in [2.05, 4.69) is 0 Å². The zero-order valence-electron chi connectivity index (χ0n) is 15.1. The molecule has 1 atom stereocenters. The van der Waals surface area contributed by atoms with Gasteiger partial charge in [0.05, 0.1) is 0 Å². The number of amides is 2. The van der Waals surface area contributed by atoms with E-state index in [-0.39, 0.29) is 24.2 Å². The minimum Gasteiger partial charge on any atom is -0.375 e. The van der Waals surface area contributed by atoms with Crippen molar-refractivity contribution >= 4 is 11.8 Å². The van der Waals surface area contributed by atoms with Gasteiger partial charge in [0.25, 0.3) is 0 Å². The molecule has 2 rings (SSSR count). The van der Waals surface area contributed by atoms with Gasteiger partial charge in [0.15, 0.2) is 0 Å².